The van der Waals surface area contributed by atoms with Gasteiger partial charge in [-0.1, -0.05) is 0 Å². The average molecular weight is 332 g/mol. The third-order valence-electron chi connectivity index (χ3n) is 2.27. The summed E-state index contributed by atoms with van der Waals surface area (Å²) in [7, 11) is 0. The molecule has 94 valence electrons. The lowest BCUT2D eigenvalue weighted by Crippen LogP contribution is -2.22. The van der Waals surface area contributed by atoms with E-state index in [0.717, 1.165) is 18.2 Å². The smallest absolute Gasteiger partial charge is 0.262 e. The molecule has 0 fully saturated rings. The van der Waals surface area contributed by atoms with Crippen molar-refractivity contribution in [2.45, 2.75) is 6.54 Å². The second kappa shape index (κ2) is 5.58. The third-order valence-corrected chi connectivity index (χ3v) is 4.11. The molecule has 0 aliphatic heterocycles. The van der Waals surface area contributed by atoms with Crippen LogP contribution in [0.25, 0.3) is 0 Å². The summed E-state index contributed by atoms with van der Waals surface area (Å²) in [5.74, 6) is -1.39. The van der Waals surface area contributed by atoms with Gasteiger partial charge in [0.05, 0.1) is 0 Å². The Balaban J connectivity index is 2.06. The van der Waals surface area contributed by atoms with E-state index in [1.807, 2.05) is 0 Å². The van der Waals surface area contributed by atoms with Gasteiger partial charge in [0.2, 0.25) is 0 Å². The van der Waals surface area contributed by atoms with E-state index >= 15 is 0 Å². The predicted octanol–water partition coefficient (Wildman–Crippen LogP) is 3.72. The number of carbonyl (C=O) groups excluding carboxylic acids is 1. The Morgan fingerprint density at radius 2 is 2.11 bits per heavy atom. The minimum atomic E-state index is -0.540. The fourth-order valence-corrected chi connectivity index (χ4v) is 2.86. The summed E-state index contributed by atoms with van der Waals surface area (Å²) in [6.07, 6.45) is 0. The minimum absolute atomic E-state index is 0.0488. The van der Waals surface area contributed by atoms with Gasteiger partial charge in [-0.2, -0.15) is 0 Å². The number of halogens is 3. The van der Waals surface area contributed by atoms with Gasteiger partial charge in [0.1, 0.15) is 16.5 Å². The zero-order chi connectivity index (χ0) is 13.1. The fraction of sp³-hybridized carbons (Fsp3) is 0.0833. The fourth-order valence-electron chi connectivity index (χ4n) is 1.39. The first-order chi connectivity index (χ1) is 8.58. The van der Waals surface area contributed by atoms with Crippen molar-refractivity contribution in [1.29, 1.82) is 0 Å². The topological polar surface area (TPSA) is 29.1 Å². The Morgan fingerprint density at radius 1 is 1.33 bits per heavy atom. The highest BCUT2D eigenvalue weighted by molar-refractivity contribution is 9.10. The number of benzene rings is 1. The zero-order valence-electron chi connectivity index (χ0n) is 9.04. The van der Waals surface area contributed by atoms with Crippen LogP contribution in [0.4, 0.5) is 8.78 Å². The Hall–Kier alpha value is -1.27. The standard InChI is InChI=1S/C12H8BrF2NOS/c13-9-3-4-18-11(9)12(17)16-6-7-5-8(14)1-2-10(7)15/h1-5H,6H2,(H,16,17). The highest BCUT2D eigenvalue weighted by atomic mass is 79.9. The van der Waals surface area contributed by atoms with Gasteiger partial charge in [-0.05, 0) is 45.6 Å². The molecule has 0 aliphatic carbocycles. The van der Waals surface area contributed by atoms with Gasteiger partial charge in [0.15, 0.2) is 0 Å². The van der Waals surface area contributed by atoms with Crippen molar-refractivity contribution in [2.24, 2.45) is 0 Å². The number of amides is 1. The molecule has 0 radical (unpaired) electrons. The summed E-state index contributed by atoms with van der Waals surface area (Å²) in [5.41, 5.74) is 0.121. The molecule has 18 heavy (non-hydrogen) atoms. The van der Waals surface area contributed by atoms with E-state index in [1.54, 1.807) is 11.4 Å². The highest BCUT2D eigenvalue weighted by Gasteiger charge is 2.12. The van der Waals surface area contributed by atoms with Crippen molar-refractivity contribution < 1.29 is 13.6 Å². The van der Waals surface area contributed by atoms with Gasteiger partial charge in [-0.15, -0.1) is 11.3 Å². The second-order valence-electron chi connectivity index (χ2n) is 3.52. The van der Waals surface area contributed by atoms with Crippen molar-refractivity contribution in [3.8, 4) is 0 Å². The number of nitrogens with one attached hydrogen (secondary N) is 1. The lowest BCUT2D eigenvalue weighted by molar-refractivity contribution is 0.0954. The molecule has 1 heterocycles. The van der Waals surface area contributed by atoms with Crippen LogP contribution in [0.3, 0.4) is 0 Å². The number of hydrogen-bond acceptors (Lipinski definition) is 2. The molecular weight excluding hydrogens is 324 g/mol. The molecule has 0 aliphatic rings. The highest BCUT2D eigenvalue weighted by Crippen LogP contribution is 2.22. The largest absolute Gasteiger partial charge is 0.347 e. The van der Waals surface area contributed by atoms with E-state index in [1.165, 1.54) is 11.3 Å². The Morgan fingerprint density at radius 3 is 2.78 bits per heavy atom. The minimum Gasteiger partial charge on any atom is -0.347 e. The molecule has 2 nitrogen and oxygen atoms in total. The molecule has 1 aromatic carbocycles. The summed E-state index contributed by atoms with van der Waals surface area (Å²) >= 11 is 4.51. The van der Waals surface area contributed by atoms with E-state index in [0.29, 0.717) is 9.35 Å². The molecule has 2 aromatic rings. The van der Waals surface area contributed by atoms with Gasteiger partial charge in [0, 0.05) is 16.6 Å². The zero-order valence-corrected chi connectivity index (χ0v) is 11.4. The Bertz CT molecular complexity index is 585. The molecule has 1 aromatic heterocycles. The molecule has 0 unspecified atom stereocenters. The maximum Gasteiger partial charge on any atom is 0.262 e. The Kier molecular flexibility index (Phi) is 4.08. The normalized spacial score (nSPS) is 10.4. The van der Waals surface area contributed by atoms with Crippen LogP contribution in [-0.4, -0.2) is 5.91 Å². The van der Waals surface area contributed by atoms with Crippen LogP contribution in [0.15, 0.2) is 34.1 Å². The Labute approximate surface area is 115 Å². The molecular formula is C12H8BrF2NOS. The van der Waals surface area contributed by atoms with E-state index in [2.05, 4.69) is 21.2 Å². The van der Waals surface area contributed by atoms with Gasteiger partial charge in [0.25, 0.3) is 5.91 Å². The van der Waals surface area contributed by atoms with Crippen LogP contribution < -0.4 is 5.32 Å². The predicted molar refractivity (Wildman–Crippen MR) is 69.5 cm³/mol. The van der Waals surface area contributed by atoms with Crippen molar-refractivity contribution >= 4 is 33.2 Å². The van der Waals surface area contributed by atoms with Gasteiger partial charge in [-0.25, -0.2) is 8.78 Å². The summed E-state index contributed by atoms with van der Waals surface area (Å²) in [4.78, 5) is 12.3. The van der Waals surface area contributed by atoms with Gasteiger partial charge in [-0.3, -0.25) is 4.79 Å². The van der Waals surface area contributed by atoms with Crippen molar-refractivity contribution in [3.63, 3.8) is 0 Å². The SMILES string of the molecule is O=C(NCc1cc(F)ccc1F)c1sccc1Br. The van der Waals surface area contributed by atoms with E-state index in [9.17, 15) is 13.6 Å². The van der Waals surface area contributed by atoms with Crippen LogP contribution in [0.1, 0.15) is 15.2 Å². The number of rotatable bonds is 3. The maximum absolute atomic E-state index is 13.3. The van der Waals surface area contributed by atoms with Crippen molar-refractivity contribution in [2.75, 3.05) is 0 Å². The molecule has 0 saturated carbocycles. The number of thiophene rings is 1. The third kappa shape index (κ3) is 2.94. The molecule has 0 bridgehead atoms. The van der Waals surface area contributed by atoms with Crippen LogP contribution in [-0.2, 0) is 6.54 Å². The summed E-state index contributed by atoms with van der Waals surface area (Å²) in [6.45, 7) is -0.0488. The molecule has 1 N–H and O–H groups in total. The maximum atomic E-state index is 13.3. The molecule has 0 saturated heterocycles. The van der Waals surface area contributed by atoms with Crippen LogP contribution >= 0.6 is 27.3 Å². The van der Waals surface area contributed by atoms with Crippen LogP contribution in [0.5, 0.6) is 0 Å². The monoisotopic (exact) mass is 331 g/mol. The van der Waals surface area contributed by atoms with Crippen LogP contribution in [0, 0.1) is 11.6 Å². The second-order valence-corrected chi connectivity index (χ2v) is 5.29. The lowest BCUT2D eigenvalue weighted by atomic mass is 10.2. The molecule has 0 spiro atoms. The molecule has 2 rings (SSSR count). The number of hydrogen-bond donors (Lipinski definition) is 1. The average Bonchev–Trinajstić information content (AvgIpc) is 2.76. The van der Waals surface area contributed by atoms with Gasteiger partial charge >= 0.3 is 0 Å². The summed E-state index contributed by atoms with van der Waals surface area (Å²) in [6, 6.07) is 4.90. The van der Waals surface area contributed by atoms with Crippen LogP contribution in [0.2, 0.25) is 0 Å². The van der Waals surface area contributed by atoms with Gasteiger partial charge < -0.3 is 5.32 Å². The first-order valence-electron chi connectivity index (χ1n) is 5.03. The lowest BCUT2D eigenvalue weighted by Gasteiger charge is -2.05. The van der Waals surface area contributed by atoms with E-state index < -0.39 is 11.6 Å². The molecule has 1 amide bonds. The first-order valence-corrected chi connectivity index (χ1v) is 6.70. The quantitative estimate of drug-likeness (QED) is 0.912. The van der Waals surface area contributed by atoms with Crippen molar-refractivity contribution in [1.82, 2.24) is 5.32 Å². The summed E-state index contributed by atoms with van der Waals surface area (Å²) in [5, 5.41) is 4.31. The van der Waals surface area contributed by atoms with E-state index in [-0.39, 0.29) is 18.0 Å². The first kappa shape index (κ1) is 13.2. The number of carbonyl (C=O) groups is 1. The molecule has 0 atom stereocenters. The summed E-state index contributed by atoms with van der Waals surface area (Å²) < 4.78 is 26.9. The molecule has 6 heteroatoms. The van der Waals surface area contributed by atoms with Crippen molar-refractivity contribution in [3.05, 3.63) is 56.2 Å². The van der Waals surface area contributed by atoms with E-state index in [4.69, 9.17) is 0 Å².